The first kappa shape index (κ1) is 20.3. The molecule has 0 fully saturated rings. The van der Waals surface area contributed by atoms with Crippen molar-refractivity contribution >= 4 is 34.0 Å². The second-order valence-corrected chi connectivity index (χ2v) is 8.60. The van der Waals surface area contributed by atoms with Gasteiger partial charge in [0.1, 0.15) is 5.75 Å². The summed E-state index contributed by atoms with van der Waals surface area (Å²) >= 11 is 1.43. The number of fused-ring (bicyclic) bond motifs is 2. The van der Waals surface area contributed by atoms with Crippen LogP contribution in [0.1, 0.15) is 39.7 Å². The van der Waals surface area contributed by atoms with Crippen molar-refractivity contribution in [1.29, 1.82) is 0 Å². The molecule has 2 N–H and O–H groups in total. The number of anilines is 2. The standard InChI is InChI=1S/C23H21N3O5S/c1-29-15-8-5-13(6-9-15)21(27)26-23-25-20-16(3-2-4-19(20)32-23)22(28)24-14-7-10-17-18(11-14)31-12-30-17/h5-11,16H,2-4,12H2,1H3,(H,24,28)(H,25,26,27). The number of carbonyl (C=O) groups excluding carboxylic acids is 2. The molecule has 0 saturated heterocycles. The fourth-order valence-corrected chi connectivity index (χ4v) is 4.90. The maximum atomic E-state index is 13.0. The Morgan fingerprint density at radius 3 is 2.72 bits per heavy atom. The van der Waals surface area contributed by atoms with E-state index in [4.69, 9.17) is 14.2 Å². The third-order valence-electron chi connectivity index (χ3n) is 5.48. The molecule has 32 heavy (non-hydrogen) atoms. The van der Waals surface area contributed by atoms with Crippen LogP contribution < -0.4 is 24.8 Å². The van der Waals surface area contributed by atoms with Crippen molar-refractivity contribution in [3.63, 3.8) is 0 Å². The van der Waals surface area contributed by atoms with Crippen LogP contribution in [0.2, 0.25) is 0 Å². The second-order valence-electron chi connectivity index (χ2n) is 7.51. The molecule has 0 bridgehead atoms. The Labute approximate surface area is 188 Å². The van der Waals surface area contributed by atoms with E-state index in [9.17, 15) is 9.59 Å². The first-order valence-electron chi connectivity index (χ1n) is 10.3. The summed E-state index contributed by atoms with van der Waals surface area (Å²) in [7, 11) is 1.58. The molecular formula is C23H21N3O5S. The van der Waals surface area contributed by atoms with Crippen molar-refractivity contribution in [2.45, 2.75) is 25.2 Å². The van der Waals surface area contributed by atoms with Crippen molar-refractivity contribution in [2.24, 2.45) is 0 Å². The molecular weight excluding hydrogens is 430 g/mol. The maximum Gasteiger partial charge on any atom is 0.257 e. The fraction of sp³-hybridized carbons (Fsp3) is 0.261. The van der Waals surface area contributed by atoms with Crippen LogP contribution in [0.4, 0.5) is 10.8 Å². The number of benzene rings is 2. The van der Waals surface area contributed by atoms with E-state index < -0.39 is 0 Å². The predicted octanol–water partition coefficient (Wildman–Crippen LogP) is 4.19. The molecule has 1 unspecified atom stereocenters. The highest BCUT2D eigenvalue weighted by molar-refractivity contribution is 7.16. The van der Waals surface area contributed by atoms with Gasteiger partial charge in [-0.25, -0.2) is 4.98 Å². The minimum Gasteiger partial charge on any atom is -0.497 e. The third-order valence-corrected chi connectivity index (χ3v) is 6.53. The normalized spacial score (nSPS) is 16.2. The molecule has 0 radical (unpaired) electrons. The lowest BCUT2D eigenvalue weighted by molar-refractivity contribution is -0.117. The van der Waals surface area contributed by atoms with Gasteiger partial charge < -0.3 is 19.5 Å². The van der Waals surface area contributed by atoms with E-state index >= 15 is 0 Å². The molecule has 0 saturated carbocycles. The summed E-state index contributed by atoms with van der Waals surface area (Å²) in [5, 5.41) is 6.31. The number of carbonyl (C=O) groups is 2. The third kappa shape index (κ3) is 3.99. The molecule has 1 atom stereocenters. The Balaban J connectivity index is 1.30. The average Bonchev–Trinajstić information content (AvgIpc) is 3.44. The van der Waals surface area contributed by atoms with Crippen molar-refractivity contribution < 1.29 is 23.8 Å². The molecule has 164 valence electrons. The summed E-state index contributed by atoms with van der Waals surface area (Å²) in [6.45, 7) is 0.183. The van der Waals surface area contributed by atoms with Crippen LogP contribution in [-0.2, 0) is 11.2 Å². The molecule has 0 spiro atoms. The summed E-state index contributed by atoms with van der Waals surface area (Å²) in [5.74, 6) is 1.22. The summed E-state index contributed by atoms with van der Waals surface area (Å²) in [6, 6.07) is 12.2. The Bertz CT molecular complexity index is 1170. The molecule has 8 nitrogen and oxygen atoms in total. The van der Waals surface area contributed by atoms with E-state index in [0.717, 1.165) is 23.4 Å². The quantitative estimate of drug-likeness (QED) is 0.604. The lowest BCUT2D eigenvalue weighted by Gasteiger charge is -2.20. The van der Waals surface area contributed by atoms with E-state index in [2.05, 4.69) is 15.6 Å². The number of nitrogens with one attached hydrogen (secondary N) is 2. The van der Waals surface area contributed by atoms with Crippen LogP contribution in [0.15, 0.2) is 42.5 Å². The van der Waals surface area contributed by atoms with E-state index in [1.807, 2.05) is 0 Å². The Morgan fingerprint density at radius 1 is 1.09 bits per heavy atom. The van der Waals surface area contributed by atoms with Gasteiger partial charge in [0.2, 0.25) is 12.7 Å². The topological polar surface area (TPSA) is 98.8 Å². The Hall–Kier alpha value is -3.59. The van der Waals surface area contributed by atoms with Gasteiger partial charge in [-0.1, -0.05) is 0 Å². The molecule has 1 aliphatic heterocycles. The lowest BCUT2D eigenvalue weighted by atomic mass is 9.90. The average molecular weight is 452 g/mol. The first-order chi connectivity index (χ1) is 15.6. The molecule has 2 aliphatic rings. The van der Waals surface area contributed by atoms with Crippen molar-refractivity contribution in [2.75, 3.05) is 24.5 Å². The Morgan fingerprint density at radius 2 is 1.91 bits per heavy atom. The number of ether oxygens (including phenoxy) is 3. The highest BCUT2D eigenvalue weighted by atomic mass is 32.1. The Kier molecular flexibility index (Phi) is 5.40. The number of hydrogen-bond acceptors (Lipinski definition) is 7. The zero-order valence-electron chi connectivity index (χ0n) is 17.3. The number of hydrogen-bond donors (Lipinski definition) is 2. The highest BCUT2D eigenvalue weighted by Crippen LogP contribution is 2.38. The van der Waals surface area contributed by atoms with Gasteiger partial charge in [0.25, 0.3) is 5.91 Å². The number of thiazole rings is 1. The van der Waals surface area contributed by atoms with Crippen LogP contribution in [0, 0.1) is 0 Å². The summed E-state index contributed by atoms with van der Waals surface area (Å²) in [5.41, 5.74) is 1.90. The molecule has 2 heterocycles. The van der Waals surface area contributed by atoms with Crippen molar-refractivity contribution in [3.05, 3.63) is 58.6 Å². The van der Waals surface area contributed by atoms with E-state index in [-0.39, 0.29) is 24.5 Å². The number of aromatic nitrogens is 1. The minimum absolute atomic E-state index is 0.122. The molecule has 3 aromatic rings. The van der Waals surface area contributed by atoms with Gasteiger partial charge in [-0.05, 0) is 55.7 Å². The van der Waals surface area contributed by atoms with Crippen molar-refractivity contribution in [1.82, 2.24) is 4.98 Å². The van der Waals surface area contributed by atoms with Gasteiger partial charge in [-0.15, -0.1) is 11.3 Å². The predicted molar refractivity (Wildman–Crippen MR) is 120 cm³/mol. The SMILES string of the molecule is COc1ccc(C(=O)Nc2nc3c(s2)CCCC3C(=O)Nc2ccc3c(c2)OCO3)cc1. The zero-order valence-corrected chi connectivity index (χ0v) is 18.2. The number of amides is 2. The maximum absolute atomic E-state index is 13.0. The first-order valence-corrected chi connectivity index (χ1v) is 11.1. The zero-order chi connectivity index (χ0) is 22.1. The molecule has 2 amide bonds. The van der Waals surface area contributed by atoms with Gasteiger partial charge in [0.05, 0.1) is 18.7 Å². The number of rotatable bonds is 5. The lowest BCUT2D eigenvalue weighted by Crippen LogP contribution is -2.24. The van der Waals surface area contributed by atoms with Gasteiger partial charge in [-0.3, -0.25) is 14.9 Å². The second kappa shape index (κ2) is 8.51. The molecule has 9 heteroatoms. The monoisotopic (exact) mass is 451 g/mol. The molecule has 1 aliphatic carbocycles. The van der Waals surface area contributed by atoms with Crippen LogP contribution in [0.3, 0.4) is 0 Å². The molecule has 2 aromatic carbocycles. The van der Waals surface area contributed by atoms with E-state index in [0.29, 0.717) is 40.1 Å². The van der Waals surface area contributed by atoms with Crippen molar-refractivity contribution in [3.8, 4) is 17.2 Å². The van der Waals surface area contributed by atoms with E-state index in [1.54, 1.807) is 49.6 Å². The van der Waals surface area contributed by atoms with Crippen LogP contribution >= 0.6 is 11.3 Å². The largest absolute Gasteiger partial charge is 0.497 e. The number of nitrogens with zero attached hydrogens (tertiary/aromatic N) is 1. The minimum atomic E-state index is -0.368. The molecule has 1 aromatic heterocycles. The van der Waals surface area contributed by atoms with Crippen LogP contribution in [0.25, 0.3) is 0 Å². The summed E-state index contributed by atoms with van der Waals surface area (Å²) in [4.78, 5) is 31.3. The van der Waals surface area contributed by atoms with Gasteiger partial charge >= 0.3 is 0 Å². The highest BCUT2D eigenvalue weighted by Gasteiger charge is 2.31. The van der Waals surface area contributed by atoms with Gasteiger partial charge in [0.15, 0.2) is 16.6 Å². The van der Waals surface area contributed by atoms with Crippen LogP contribution in [0.5, 0.6) is 17.2 Å². The summed E-state index contributed by atoms with van der Waals surface area (Å²) in [6.07, 6.45) is 2.44. The molecule has 5 rings (SSSR count). The number of aryl methyl sites for hydroxylation is 1. The van der Waals surface area contributed by atoms with Crippen LogP contribution in [-0.4, -0.2) is 30.7 Å². The fourth-order valence-electron chi connectivity index (χ4n) is 3.84. The summed E-state index contributed by atoms with van der Waals surface area (Å²) < 4.78 is 15.8. The number of methoxy groups -OCH3 is 1. The smallest absolute Gasteiger partial charge is 0.257 e. The van der Waals surface area contributed by atoms with Gasteiger partial charge in [-0.2, -0.15) is 0 Å². The van der Waals surface area contributed by atoms with Gasteiger partial charge in [0, 0.05) is 22.2 Å². The van der Waals surface area contributed by atoms with E-state index in [1.165, 1.54) is 11.3 Å².